The fourth-order valence-corrected chi connectivity index (χ4v) is 31.5. The second-order valence-electron chi connectivity index (χ2n) is 26.7. The molecule has 68 heavy (non-hydrogen) atoms. The summed E-state index contributed by atoms with van der Waals surface area (Å²) in [5.74, 6) is 0.781. The van der Waals surface area contributed by atoms with Gasteiger partial charge in [0.1, 0.15) is 0 Å². The molecular weight excluding hydrogens is 912 g/mol. The summed E-state index contributed by atoms with van der Waals surface area (Å²) in [5, 5.41) is 0. The van der Waals surface area contributed by atoms with E-state index in [9.17, 15) is 0 Å². The normalized spacial score (nSPS) is 16.8. The molecule has 2 unspecified atom stereocenters. The molecule has 0 radical (unpaired) electrons. The number of allylic oxidation sites excluding steroid dienone is 2. The van der Waals surface area contributed by atoms with Gasteiger partial charge in [0.05, 0.1) is 0 Å². The van der Waals surface area contributed by atoms with E-state index in [1.165, 1.54) is 77.9 Å². The number of fused-ring (bicyclic) bond motifs is 2. The van der Waals surface area contributed by atoms with Crippen molar-refractivity contribution in [1.82, 2.24) is 0 Å². The Labute approximate surface area is 415 Å². The van der Waals surface area contributed by atoms with Crippen LogP contribution in [-0.2, 0) is 39.1 Å². The van der Waals surface area contributed by atoms with Crippen LogP contribution in [0.15, 0.2) is 132 Å². The molecule has 8 rings (SSSR count). The number of hydrogen-bond acceptors (Lipinski definition) is 0. The standard InChI is InChI=1S/2C32H37.2CH3.H2Si.Zr/c2*1-21(2)24-19-29-27(22-9-13-25(14-10-22)31(3,4)5)17-18-28(30(29)20-24)23-11-15-26(16-12-23)32(6,7)8;;;;/h2*9-21H,1-8H3;2*1H3;1H2;. The molecule has 6 aromatic rings. The van der Waals surface area contributed by atoms with Crippen LogP contribution in [0.4, 0.5) is 0 Å². The van der Waals surface area contributed by atoms with E-state index in [-0.39, 0.29) is 21.7 Å². The van der Waals surface area contributed by atoms with Gasteiger partial charge in [-0.2, -0.15) is 0 Å². The summed E-state index contributed by atoms with van der Waals surface area (Å²) in [4.78, 5) is 0. The van der Waals surface area contributed by atoms with Gasteiger partial charge in [-0.25, -0.2) is 0 Å². The van der Waals surface area contributed by atoms with Gasteiger partial charge in [0.2, 0.25) is 0 Å². The Morgan fingerprint density at radius 1 is 0.353 bits per heavy atom. The molecule has 0 N–H and O–H groups in total. The van der Waals surface area contributed by atoms with Gasteiger partial charge in [0.25, 0.3) is 0 Å². The monoisotopic (exact) mass is 993 g/mol. The van der Waals surface area contributed by atoms with E-state index < -0.39 is 17.4 Å². The van der Waals surface area contributed by atoms with Crippen molar-refractivity contribution in [3.8, 4) is 44.5 Å². The molecule has 2 aliphatic rings. The second kappa shape index (κ2) is 17.3. The van der Waals surface area contributed by atoms with Gasteiger partial charge in [-0.1, -0.05) is 0 Å². The maximum atomic E-state index is 2.86. The van der Waals surface area contributed by atoms with Crippen molar-refractivity contribution in [3.63, 3.8) is 0 Å². The van der Waals surface area contributed by atoms with Crippen molar-refractivity contribution in [2.24, 2.45) is 11.8 Å². The van der Waals surface area contributed by atoms with Crippen LogP contribution in [0.1, 0.15) is 163 Å². The van der Waals surface area contributed by atoms with E-state index in [2.05, 4.69) is 260 Å². The van der Waals surface area contributed by atoms with E-state index >= 15 is 0 Å². The Bertz CT molecular complexity index is 2800. The van der Waals surface area contributed by atoms with Crippen LogP contribution < -0.4 is 0 Å². The predicted octanol–water partition coefficient (Wildman–Crippen LogP) is 18.8. The minimum atomic E-state index is -4.31. The first-order valence-electron chi connectivity index (χ1n) is 25.7. The minimum absolute atomic E-state index is 0.0825. The molecule has 354 valence electrons. The summed E-state index contributed by atoms with van der Waals surface area (Å²) in [6.45, 7) is 40.2. The zero-order chi connectivity index (χ0) is 49.7. The summed E-state index contributed by atoms with van der Waals surface area (Å²) >= 11 is -4.31. The fourth-order valence-electron chi connectivity index (χ4n) is 11.9. The number of benzene rings is 6. The summed E-state index contributed by atoms with van der Waals surface area (Å²) < 4.78 is 6.39. The zero-order valence-corrected chi connectivity index (χ0v) is 49.1. The Hall–Kier alpha value is -4.10. The van der Waals surface area contributed by atoms with E-state index in [4.69, 9.17) is 0 Å². The van der Waals surface area contributed by atoms with Crippen molar-refractivity contribution in [1.29, 1.82) is 0 Å². The fraction of sp³-hybridized carbons (Fsp3) is 0.394. The van der Waals surface area contributed by atoms with Crippen molar-refractivity contribution >= 4 is 19.0 Å². The first-order chi connectivity index (χ1) is 31.5. The van der Waals surface area contributed by atoms with Crippen molar-refractivity contribution < 1.29 is 17.4 Å². The zero-order valence-electron chi connectivity index (χ0n) is 45.2. The first kappa shape index (κ1) is 50.3. The van der Waals surface area contributed by atoms with Crippen LogP contribution in [0.5, 0.6) is 0 Å². The molecule has 0 aliphatic heterocycles. The molecule has 0 saturated heterocycles. The van der Waals surface area contributed by atoms with E-state index in [0.717, 1.165) is 0 Å². The van der Waals surface area contributed by atoms with Crippen molar-refractivity contribution in [2.45, 2.75) is 149 Å². The molecule has 0 saturated carbocycles. The van der Waals surface area contributed by atoms with E-state index in [0.29, 0.717) is 19.1 Å². The Morgan fingerprint density at radius 2 is 0.574 bits per heavy atom. The van der Waals surface area contributed by atoms with E-state index in [1.54, 1.807) is 22.3 Å². The molecule has 0 fully saturated rings. The molecule has 0 bridgehead atoms. The quantitative estimate of drug-likeness (QED) is 0.133. The van der Waals surface area contributed by atoms with Gasteiger partial charge < -0.3 is 0 Å². The molecule has 0 spiro atoms. The molecule has 2 heteroatoms. The van der Waals surface area contributed by atoms with Crippen LogP contribution in [0.2, 0.25) is 9.26 Å². The molecule has 0 aromatic heterocycles. The van der Waals surface area contributed by atoms with Gasteiger partial charge >= 0.3 is 419 Å². The van der Waals surface area contributed by atoms with Gasteiger partial charge in [-0.05, 0) is 0 Å². The van der Waals surface area contributed by atoms with Gasteiger partial charge in [-0.15, -0.1) is 0 Å². The maximum absolute atomic E-state index is 4.31. The molecule has 2 aliphatic carbocycles. The van der Waals surface area contributed by atoms with Crippen LogP contribution >= 0.6 is 0 Å². The van der Waals surface area contributed by atoms with Gasteiger partial charge in [0.15, 0.2) is 0 Å². The Morgan fingerprint density at radius 3 is 0.794 bits per heavy atom. The van der Waals surface area contributed by atoms with Crippen LogP contribution in [0, 0.1) is 11.8 Å². The summed E-state index contributed by atoms with van der Waals surface area (Å²) in [6.07, 6.45) is 5.37. The number of rotatable bonds is 8. The molecule has 0 heterocycles. The topological polar surface area (TPSA) is 0 Å². The summed E-state index contributed by atoms with van der Waals surface area (Å²) in [6, 6.07) is 48.2. The average molecular weight is 995 g/mol. The SMILES string of the molecule is CC(C)C1=Cc2c(-c3ccc(C(C)(C)C)cc3)ccc(-c3ccc(C(C)(C)C)cc3)c2[CH]1[Zr]([CH3])([CH3])(=[SiH2])[CH]1C(C(C)C)=Cc2c(-c3ccc(C(C)(C)C)cc3)ccc(-c3ccc(C(C)(C)C)cc3)c21. The molecule has 6 aromatic carbocycles. The third kappa shape index (κ3) is 9.21. The summed E-state index contributed by atoms with van der Waals surface area (Å²) in [7, 11) is 0. The average Bonchev–Trinajstić information content (AvgIpc) is 3.88. The predicted molar refractivity (Wildman–Crippen MR) is 301 cm³/mol. The third-order valence-corrected chi connectivity index (χ3v) is 33.1. The summed E-state index contributed by atoms with van der Waals surface area (Å²) in [5.41, 5.74) is 25.9. The van der Waals surface area contributed by atoms with Crippen LogP contribution in [0.25, 0.3) is 56.7 Å². The Kier molecular flexibility index (Phi) is 12.8. The molecule has 0 nitrogen and oxygen atoms in total. The molecular formula is C66H82SiZr. The third-order valence-electron chi connectivity index (χ3n) is 15.9. The first-order valence-corrected chi connectivity index (χ1v) is 39.4. The number of hydrogen-bond donors (Lipinski definition) is 0. The Balaban J connectivity index is 1.43. The molecule has 2 atom stereocenters. The second-order valence-corrected chi connectivity index (χ2v) is 57.2. The van der Waals surface area contributed by atoms with Gasteiger partial charge in [0, 0.05) is 0 Å². The van der Waals surface area contributed by atoms with Gasteiger partial charge in [-0.3, -0.25) is 0 Å². The molecule has 0 amide bonds. The van der Waals surface area contributed by atoms with E-state index in [1.807, 2.05) is 0 Å². The van der Waals surface area contributed by atoms with Crippen LogP contribution in [0.3, 0.4) is 0 Å². The van der Waals surface area contributed by atoms with Crippen molar-refractivity contribution in [3.05, 3.63) is 177 Å². The van der Waals surface area contributed by atoms with Crippen molar-refractivity contribution in [2.75, 3.05) is 0 Å². The van der Waals surface area contributed by atoms with Crippen LogP contribution in [-0.4, -0.2) is 6.88 Å².